The fourth-order valence-electron chi connectivity index (χ4n) is 7.37. The zero-order valence-electron chi connectivity index (χ0n) is 20.3. The molecule has 1 atom stereocenters. The molecule has 0 amide bonds. The van der Waals surface area contributed by atoms with Gasteiger partial charge in [0, 0.05) is 10.8 Å². The van der Waals surface area contributed by atoms with E-state index in [9.17, 15) is 9.90 Å². The van der Waals surface area contributed by atoms with Crippen molar-refractivity contribution in [3.05, 3.63) is 119 Å². The Hall–Kier alpha value is -3.65. The molecule has 2 nitrogen and oxygen atoms in total. The van der Waals surface area contributed by atoms with Gasteiger partial charge in [-0.25, -0.2) is 0 Å². The van der Waals surface area contributed by atoms with Crippen molar-refractivity contribution in [2.75, 3.05) is 0 Å². The molecule has 0 aliphatic heterocycles. The summed E-state index contributed by atoms with van der Waals surface area (Å²) in [6.45, 7) is 4.13. The molecule has 2 heteroatoms. The second-order valence-electron chi connectivity index (χ2n) is 10.2. The van der Waals surface area contributed by atoms with Gasteiger partial charge < -0.3 is 5.11 Å². The zero-order chi connectivity index (χ0) is 24.2. The van der Waals surface area contributed by atoms with Gasteiger partial charge in [0.25, 0.3) is 0 Å². The average Bonchev–Trinajstić information content (AvgIpc) is 3.34. The topological polar surface area (TPSA) is 37.3 Å². The second kappa shape index (κ2) is 7.95. The molecule has 0 bridgehead atoms. The molecule has 2 aliphatic rings. The van der Waals surface area contributed by atoms with Crippen molar-refractivity contribution < 1.29 is 9.90 Å². The van der Waals surface area contributed by atoms with Crippen molar-refractivity contribution in [1.82, 2.24) is 0 Å². The lowest BCUT2D eigenvalue weighted by Crippen LogP contribution is -2.50. The van der Waals surface area contributed by atoms with Crippen molar-refractivity contribution in [2.24, 2.45) is 5.92 Å². The molecular weight excluding hydrogens is 428 g/mol. The van der Waals surface area contributed by atoms with E-state index in [1.54, 1.807) is 0 Å². The van der Waals surface area contributed by atoms with Crippen LogP contribution in [0.5, 0.6) is 0 Å². The highest BCUT2D eigenvalue weighted by molar-refractivity contribution is 5.89. The molecular formula is C33H30O2. The van der Waals surface area contributed by atoms with Crippen LogP contribution in [0.3, 0.4) is 0 Å². The molecule has 0 fully saturated rings. The highest BCUT2D eigenvalue weighted by Gasteiger charge is 2.62. The molecule has 0 saturated heterocycles. The SMILES string of the molecule is CCCC1(C2(CC(C)C(=O)O)c3ccccc3-c3ccccc32)c2ccccc2-c2ccccc21. The molecule has 0 spiro atoms. The first-order valence-corrected chi connectivity index (χ1v) is 12.7. The second-order valence-corrected chi connectivity index (χ2v) is 10.2. The van der Waals surface area contributed by atoms with Gasteiger partial charge in [-0.2, -0.15) is 0 Å². The Bertz CT molecular complexity index is 1360. The first-order chi connectivity index (χ1) is 17.1. The van der Waals surface area contributed by atoms with Crippen LogP contribution in [-0.2, 0) is 15.6 Å². The normalized spacial score (nSPS) is 16.6. The van der Waals surface area contributed by atoms with Gasteiger partial charge in [0.1, 0.15) is 0 Å². The number of carboxylic acids is 1. The molecule has 4 aromatic carbocycles. The maximum absolute atomic E-state index is 12.4. The van der Waals surface area contributed by atoms with E-state index in [1.807, 2.05) is 6.92 Å². The van der Waals surface area contributed by atoms with Crippen LogP contribution in [0.25, 0.3) is 22.3 Å². The molecule has 6 rings (SSSR count). The maximum Gasteiger partial charge on any atom is 0.306 e. The van der Waals surface area contributed by atoms with Gasteiger partial charge >= 0.3 is 5.97 Å². The summed E-state index contributed by atoms with van der Waals surface area (Å²) < 4.78 is 0. The lowest BCUT2D eigenvalue weighted by Gasteiger charge is -2.51. The molecule has 4 aromatic rings. The van der Waals surface area contributed by atoms with Gasteiger partial charge in [-0.05, 0) is 57.3 Å². The van der Waals surface area contributed by atoms with Gasteiger partial charge in [-0.15, -0.1) is 0 Å². The number of hydrogen-bond donors (Lipinski definition) is 1. The van der Waals surface area contributed by atoms with Crippen LogP contribution in [0.1, 0.15) is 55.4 Å². The van der Waals surface area contributed by atoms with Gasteiger partial charge in [0.15, 0.2) is 0 Å². The van der Waals surface area contributed by atoms with Crippen LogP contribution >= 0.6 is 0 Å². The molecule has 0 heterocycles. The van der Waals surface area contributed by atoms with E-state index in [4.69, 9.17) is 0 Å². The lowest BCUT2D eigenvalue weighted by atomic mass is 9.50. The van der Waals surface area contributed by atoms with Crippen molar-refractivity contribution in [1.29, 1.82) is 0 Å². The highest BCUT2D eigenvalue weighted by atomic mass is 16.4. The van der Waals surface area contributed by atoms with E-state index in [2.05, 4.69) is 104 Å². The fourth-order valence-corrected chi connectivity index (χ4v) is 7.37. The molecule has 35 heavy (non-hydrogen) atoms. The minimum absolute atomic E-state index is 0.374. The molecule has 174 valence electrons. The Kier molecular flexibility index (Phi) is 4.96. The van der Waals surface area contributed by atoms with Crippen LogP contribution < -0.4 is 0 Å². The molecule has 0 saturated carbocycles. The summed E-state index contributed by atoms with van der Waals surface area (Å²) in [5.41, 5.74) is 9.32. The van der Waals surface area contributed by atoms with Gasteiger partial charge in [0.05, 0.1) is 5.92 Å². The first kappa shape index (κ1) is 21.9. The summed E-state index contributed by atoms with van der Waals surface area (Å²) in [6, 6.07) is 35.0. The smallest absolute Gasteiger partial charge is 0.306 e. The van der Waals surface area contributed by atoms with Crippen LogP contribution in [0.15, 0.2) is 97.1 Å². The van der Waals surface area contributed by atoms with Crippen LogP contribution in [-0.4, -0.2) is 11.1 Å². The largest absolute Gasteiger partial charge is 0.481 e. The monoisotopic (exact) mass is 458 g/mol. The number of aliphatic carboxylic acids is 1. The minimum atomic E-state index is -0.738. The van der Waals surface area contributed by atoms with E-state index < -0.39 is 17.3 Å². The quantitative estimate of drug-likeness (QED) is 0.320. The molecule has 1 N–H and O–H groups in total. The first-order valence-electron chi connectivity index (χ1n) is 12.7. The van der Waals surface area contributed by atoms with Crippen molar-refractivity contribution in [3.8, 4) is 22.3 Å². The third-order valence-corrected chi connectivity index (χ3v) is 8.52. The third kappa shape index (κ3) is 2.74. The van der Waals surface area contributed by atoms with E-state index >= 15 is 0 Å². The summed E-state index contributed by atoms with van der Waals surface area (Å²) in [6.07, 6.45) is 2.48. The summed E-state index contributed by atoms with van der Waals surface area (Å²) in [4.78, 5) is 12.4. The zero-order valence-corrected chi connectivity index (χ0v) is 20.3. The van der Waals surface area contributed by atoms with Crippen LogP contribution in [0.2, 0.25) is 0 Å². The van der Waals surface area contributed by atoms with E-state index in [-0.39, 0.29) is 5.41 Å². The van der Waals surface area contributed by atoms with E-state index in [0.29, 0.717) is 6.42 Å². The Morgan fingerprint density at radius 1 is 0.657 bits per heavy atom. The van der Waals surface area contributed by atoms with Gasteiger partial charge in [-0.1, -0.05) is 117 Å². The number of carbonyl (C=O) groups is 1. The Labute approximate surface area is 207 Å². The predicted octanol–water partition coefficient (Wildman–Crippen LogP) is 7.83. The predicted molar refractivity (Wildman–Crippen MR) is 142 cm³/mol. The van der Waals surface area contributed by atoms with Crippen molar-refractivity contribution in [2.45, 2.75) is 43.9 Å². The average molecular weight is 459 g/mol. The Morgan fingerprint density at radius 2 is 1.00 bits per heavy atom. The Balaban J connectivity index is 1.82. The van der Waals surface area contributed by atoms with Crippen LogP contribution in [0.4, 0.5) is 0 Å². The number of benzene rings is 4. The molecule has 0 aromatic heterocycles. The fraction of sp³-hybridized carbons (Fsp3) is 0.242. The summed E-state index contributed by atoms with van der Waals surface area (Å²) in [7, 11) is 0. The molecule has 1 unspecified atom stereocenters. The lowest BCUT2D eigenvalue weighted by molar-refractivity contribution is -0.141. The van der Waals surface area contributed by atoms with Gasteiger partial charge in [-0.3, -0.25) is 4.79 Å². The maximum atomic E-state index is 12.4. The standard InChI is InChI=1S/C33H30O2/c1-3-20-32(27-16-8-4-12-23(27)24-13-5-9-17-28(24)32)33(21-22(2)31(34)35)29-18-10-6-14-25(29)26-15-7-11-19-30(26)33/h4-19,22H,3,20-21H2,1-2H3,(H,34,35). The summed E-state index contributed by atoms with van der Waals surface area (Å²) in [5, 5.41) is 10.2. The number of hydrogen-bond acceptors (Lipinski definition) is 1. The van der Waals surface area contributed by atoms with Gasteiger partial charge in [0.2, 0.25) is 0 Å². The minimum Gasteiger partial charge on any atom is -0.481 e. The van der Waals surface area contributed by atoms with Crippen molar-refractivity contribution in [3.63, 3.8) is 0 Å². The van der Waals surface area contributed by atoms with E-state index in [1.165, 1.54) is 44.5 Å². The summed E-state index contributed by atoms with van der Waals surface area (Å²) >= 11 is 0. The number of carboxylic acid groups (broad SMARTS) is 1. The van der Waals surface area contributed by atoms with E-state index in [0.717, 1.165) is 12.8 Å². The number of rotatable bonds is 6. The van der Waals surface area contributed by atoms with Crippen molar-refractivity contribution >= 4 is 5.97 Å². The third-order valence-electron chi connectivity index (χ3n) is 8.52. The summed E-state index contributed by atoms with van der Waals surface area (Å²) in [5.74, 6) is -1.24. The highest BCUT2D eigenvalue weighted by Crippen LogP contribution is 2.68. The number of fused-ring (bicyclic) bond motifs is 6. The Morgan fingerprint density at radius 3 is 1.34 bits per heavy atom. The van der Waals surface area contributed by atoms with Crippen LogP contribution in [0, 0.1) is 5.92 Å². The molecule has 2 aliphatic carbocycles. The molecule has 0 radical (unpaired) electrons.